The number of thiazole rings is 1. The molecule has 5 heteroatoms. The van der Waals surface area contributed by atoms with Gasteiger partial charge in [0.25, 0.3) is 0 Å². The van der Waals surface area contributed by atoms with E-state index >= 15 is 0 Å². The van der Waals surface area contributed by atoms with Crippen molar-refractivity contribution >= 4 is 22.4 Å². The number of nitrogens with one attached hydrogen (secondary N) is 1. The summed E-state index contributed by atoms with van der Waals surface area (Å²) in [6.45, 7) is 1.81. The normalized spacial score (nSPS) is 8.69. The molecule has 13 heavy (non-hydrogen) atoms. The number of aromatic nitrogens is 1. The second-order valence-corrected chi connectivity index (χ2v) is 3.34. The number of nitrogen functional groups attached to an aromatic ring is 1. The minimum atomic E-state index is -0.0851. The zero-order chi connectivity index (χ0) is 9.68. The molecule has 1 aromatic rings. The van der Waals surface area contributed by atoms with Crippen molar-refractivity contribution < 1.29 is 4.79 Å². The van der Waals surface area contributed by atoms with Crippen LogP contribution in [0.1, 0.15) is 11.8 Å². The van der Waals surface area contributed by atoms with E-state index in [4.69, 9.17) is 5.73 Å². The average Bonchev–Trinajstić information content (AvgIpc) is 2.45. The molecule has 0 unspecified atom stereocenters. The minimum absolute atomic E-state index is 0.0851. The molecular weight excluding hydrogens is 186 g/mol. The number of nitrogens with zero attached hydrogens (tertiary/aromatic N) is 1. The maximum atomic E-state index is 10.5. The second kappa shape index (κ2) is 4.48. The summed E-state index contributed by atoms with van der Waals surface area (Å²) in [4.78, 5) is 15.1. The Labute approximate surface area is 80.2 Å². The fraction of sp³-hybridized carbons (Fsp3) is 0.250. The minimum Gasteiger partial charge on any atom is -0.375 e. The Bertz CT molecular complexity index is 361. The predicted octanol–water partition coefficient (Wildman–Crippen LogP) is 0.213. The van der Waals surface area contributed by atoms with Crippen LogP contribution in [0.2, 0.25) is 0 Å². The van der Waals surface area contributed by atoms with Gasteiger partial charge in [0.1, 0.15) is 0 Å². The Kier molecular flexibility index (Phi) is 3.29. The summed E-state index contributed by atoms with van der Waals surface area (Å²) >= 11 is 1.33. The van der Waals surface area contributed by atoms with Crippen LogP contribution in [0.15, 0.2) is 6.20 Å². The number of hydrogen-bond donors (Lipinski definition) is 2. The molecule has 68 valence electrons. The summed E-state index contributed by atoms with van der Waals surface area (Å²) in [6, 6.07) is 0. The zero-order valence-electron chi connectivity index (χ0n) is 7.13. The van der Waals surface area contributed by atoms with Crippen LogP contribution >= 0.6 is 11.3 Å². The molecule has 0 saturated heterocycles. The van der Waals surface area contributed by atoms with Gasteiger partial charge in [-0.2, -0.15) is 0 Å². The molecule has 0 atom stereocenters. The molecule has 1 aromatic heterocycles. The number of carbonyl (C=O) groups is 1. The molecule has 1 amide bonds. The molecule has 0 aromatic carbocycles. The van der Waals surface area contributed by atoms with Crippen molar-refractivity contribution in [3.63, 3.8) is 0 Å². The summed E-state index contributed by atoms with van der Waals surface area (Å²) in [6.07, 6.45) is 1.61. The van der Waals surface area contributed by atoms with Crippen LogP contribution in [-0.2, 0) is 4.79 Å². The number of rotatable bonds is 1. The van der Waals surface area contributed by atoms with Gasteiger partial charge in [-0.05, 0) is 0 Å². The fourth-order valence-corrected chi connectivity index (χ4v) is 1.20. The molecule has 0 aliphatic heterocycles. The third-order valence-corrected chi connectivity index (χ3v) is 1.90. The second-order valence-electron chi connectivity index (χ2n) is 2.27. The van der Waals surface area contributed by atoms with Gasteiger partial charge in [0, 0.05) is 6.92 Å². The highest BCUT2D eigenvalue weighted by atomic mass is 32.1. The van der Waals surface area contributed by atoms with Gasteiger partial charge >= 0.3 is 0 Å². The smallest absolute Gasteiger partial charge is 0.217 e. The fourth-order valence-electron chi connectivity index (χ4n) is 0.645. The van der Waals surface area contributed by atoms with Crippen LogP contribution in [0.5, 0.6) is 0 Å². The lowest BCUT2D eigenvalue weighted by atomic mass is 10.5. The van der Waals surface area contributed by atoms with Crippen LogP contribution < -0.4 is 11.1 Å². The van der Waals surface area contributed by atoms with Crippen molar-refractivity contribution in [2.45, 2.75) is 6.92 Å². The quantitative estimate of drug-likeness (QED) is 0.629. The molecule has 1 heterocycles. The lowest BCUT2D eigenvalue weighted by Gasteiger charge is -1.89. The molecule has 0 aliphatic carbocycles. The molecule has 0 aliphatic rings. The Balaban J connectivity index is 2.44. The molecule has 0 spiro atoms. The van der Waals surface area contributed by atoms with E-state index in [1.54, 1.807) is 6.20 Å². The van der Waals surface area contributed by atoms with Crippen molar-refractivity contribution in [1.82, 2.24) is 10.3 Å². The molecule has 3 N–H and O–H groups in total. The first-order valence-electron chi connectivity index (χ1n) is 3.63. The van der Waals surface area contributed by atoms with Gasteiger partial charge < -0.3 is 11.1 Å². The lowest BCUT2D eigenvalue weighted by Crippen LogP contribution is -2.19. The molecule has 0 saturated carbocycles. The predicted molar refractivity (Wildman–Crippen MR) is 52.1 cm³/mol. The summed E-state index contributed by atoms with van der Waals surface area (Å²) in [5.74, 6) is 5.53. The molecule has 0 bridgehead atoms. The van der Waals surface area contributed by atoms with E-state index in [-0.39, 0.29) is 5.91 Å². The van der Waals surface area contributed by atoms with E-state index in [0.29, 0.717) is 11.7 Å². The Hall–Kier alpha value is -1.54. The Morgan fingerprint density at radius 3 is 3.15 bits per heavy atom. The van der Waals surface area contributed by atoms with Crippen molar-refractivity contribution in [3.8, 4) is 11.8 Å². The highest BCUT2D eigenvalue weighted by molar-refractivity contribution is 7.15. The molecule has 1 rings (SSSR count). The number of amides is 1. The highest BCUT2D eigenvalue weighted by Crippen LogP contribution is 2.11. The van der Waals surface area contributed by atoms with E-state index in [1.807, 2.05) is 0 Å². The van der Waals surface area contributed by atoms with E-state index in [1.165, 1.54) is 18.3 Å². The van der Waals surface area contributed by atoms with Crippen LogP contribution in [0.25, 0.3) is 0 Å². The lowest BCUT2D eigenvalue weighted by molar-refractivity contribution is -0.118. The Morgan fingerprint density at radius 2 is 2.62 bits per heavy atom. The first-order chi connectivity index (χ1) is 6.18. The van der Waals surface area contributed by atoms with Gasteiger partial charge in [-0.3, -0.25) is 4.79 Å². The first-order valence-corrected chi connectivity index (χ1v) is 4.45. The summed E-state index contributed by atoms with van der Waals surface area (Å²) in [7, 11) is 0. The van der Waals surface area contributed by atoms with Gasteiger partial charge in [0.2, 0.25) is 5.91 Å². The van der Waals surface area contributed by atoms with Gasteiger partial charge in [0.15, 0.2) is 5.13 Å². The third-order valence-electron chi connectivity index (χ3n) is 1.16. The van der Waals surface area contributed by atoms with Crippen LogP contribution in [0.3, 0.4) is 0 Å². The zero-order valence-corrected chi connectivity index (χ0v) is 7.94. The van der Waals surface area contributed by atoms with E-state index in [0.717, 1.165) is 4.88 Å². The monoisotopic (exact) mass is 195 g/mol. The standard InChI is InChI=1S/C8H9N3OS/c1-6(12)10-4-2-3-7-5-11-8(9)13-7/h5H,4H2,1H3,(H2,9,11)(H,10,12). The van der Waals surface area contributed by atoms with Crippen LogP contribution in [0, 0.1) is 11.8 Å². The van der Waals surface area contributed by atoms with Crippen molar-refractivity contribution in [3.05, 3.63) is 11.1 Å². The topological polar surface area (TPSA) is 68.0 Å². The third kappa shape index (κ3) is 3.58. The maximum Gasteiger partial charge on any atom is 0.217 e. The van der Waals surface area contributed by atoms with E-state index in [9.17, 15) is 4.79 Å². The molecule has 0 radical (unpaired) electrons. The summed E-state index contributed by atoms with van der Waals surface area (Å²) in [5.41, 5.74) is 5.40. The van der Waals surface area contributed by atoms with Gasteiger partial charge in [-0.25, -0.2) is 4.98 Å². The SMILES string of the molecule is CC(=O)NCC#Cc1cnc(N)s1. The average molecular weight is 195 g/mol. The number of anilines is 1. The van der Waals surface area contributed by atoms with Gasteiger partial charge in [-0.1, -0.05) is 23.2 Å². The van der Waals surface area contributed by atoms with Gasteiger partial charge in [-0.15, -0.1) is 0 Å². The molecular formula is C8H9N3OS. The van der Waals surface area contributed by atoms with Crippen molar-refractivity contribution in [2.75, 3.05) is 12.3 Å². The number of hydrogen-bond acceptors (Lipinski definition) is 4. The summed E-state index contributed by atoms with van der Waals surface area (Å²) < 4.78 is 0. The highest BCUT2D eigenvalue weighted by Gasteiger charge is 1.92. The number of nitrogens with two attached hydrogens (primary N) is 1. The van der Waals surface area contributed by atoms with E-state index < -0.39 is 0 Å². The summed E-state index contributed by atoms with van der Waals surface area (Å²) in [5, 5.41) is 3.07. The van der Waals surface area contributed by atoms with Gasteiger partial charge in [0.05, 0.1) is 17.6 Å². The first kappa shape index (κ1) is 9.55. The Morgan fingerprint density at radius 1 is 1.85 bits per heavy atom. The van der Waals surface area contributed by atoms with Crippen LogP contribution in [0.4, 0.5) is 5.13 Å². The molecule has 0 fully saturated rings. The van der Waals surface area contributed by atoms with Crippen molar-refractivity contribution in [2.24, 2.45) is 0 Å². The molecule has 4 nitrogen and oxygen atoms in total. The van der Waals surface area contributed by atoms with Crippen LogP contribution in [-0.4, -0.2) is 17.4 Å². The maximum absolute atomic E-state index is 10.5. The number of carbonyl (C=O) groups excluding carboxylic acids is 1. The largest absolute Gasteiger partial charge is 0.375 e. The van der Waals surface area contributed by atoms with E-state index in [2.05, 4.69) is 22.1 Å². The van der Waals surface area contributed by atoms with Crippen molar-refractivity contribution in [1.29, 1.82) is 0 Å².